The van der Waals surface area contributed by atoms with Crippen molar-refractivity contribution in [1.82, 2.24) is 5.32 Å². The van der Waals surface area contributed by atoms with Gasteiger partial charge in [0.2, 0.25) is 5.91 Å². The average molecular weight is 997 g/mol. The summed E-state index contributed by atoms with van der Waals surface area (Å²) in [5.41, 5.74) is 0. The van der Waals surface area contributed by atoms with Crippen molar-refractivity contribution in [2.75, 3.05) is 13.2 Å². The van der Waals surface area contributed by atoms with Gasteiger partial charge in [0, 0.05) is 6.42 Å². The van der Waals surface area contributed by atoms with Gasteiger partial charge in [-0.05, 0) is 77.6 Å². The molecule has 1 aliphatic rings. The molecule has 6 N–H and O–H groups in total. The molecule has 0 aromatic heterocycles. The van der Waals surface area contributed by atoms with E-state index in [1.807, 2.05) is 19.1 Å². The highest BCUT2D eigenvalue weighted by Crippen LogP contribution is 2.23. The zero-order chi connectivity index (χ0) is 51.5. The minimum Gasteiger partial charge on any atom is -0.394 e. The molecule has 9 nitrogen and oxygen atoms in total. The summed E-state index contributed by atoms with van der Waals surface area (Å²) in [6.45, 7) is 3.41. The SMILES string of the molecule is C/C=C/CC/C=C/CC/C=C/C(O)C(COC1OC(CO)C(O)C(O)C1O)NC(=O)CCCCCCCCCCCCCCCCCCCCCCCCCCCC/C=C\C/C=C\C/C=C\C/C=C\CC. The third kappa shape index (κ3) is 40.4. The third-order valence-corrected chi connectivity index (χ3v) is 13.5. The van der Waals surface area contributed by atoms with Crippen LogP contribution in [0.25, 0.3) is 0 Å². The predicted octanol–water partition coefficient (Wildman–Crippen LogP) is 14.6. The topological polar surface area (TPSA) is 149 Å². The Morgan fingerprint density at radius 2 is 0.901 bits per heavy atom. The van der Waals surface area contributed by atoms with E-state index in [2.05, 4.69) is 79.1 Å². The van der Waals surface area contributed by atoms with E-state index in [0.29, 0.717) is 6.42 Å². The second-order valence-corrected chi connectivity index (χ2v) is 20.1. The molecule has 1 rings (SSSR count). The Morgan fingerprint density at radius 1 is 0.507 bits per heavy atom. The van der Waals surface area contributed by atoms with E-state index >= 15 is 0 Å². The maximum atomic E-state index is 13.0. The summed E-state index contributed by atoms with van der Waals surface area (Å²) in [7, 11) is 0. The quantitative estimate of drug-likeness (QED) is 0.0261. The lowest BCUT2D eigenvalue weighted by Crippen LogP contribution is -2.60. The second-order valence-electron chi connectivity index (χ2n) is 20.1. The molecule has 7 atom stereocenters. The normalized spacial score (nSPS) is 19.9. The zero-order valence-corrected chi connectivity index (χ0v) is 45.5. The van der Waals surface area contributed by atoms with Crippen molar-refractivity contribution in [2.45, 2.75) is 288 Å². The van der Waals surface area contributed by atoms with Gasteiger partial charge in [0.25, 0.3) is 0 Å². The molecule has 0 radical (unpaired) electrons. The first-order chi connectivity index (χ1) is 34.8. The van der Waals surface area contributed by atoms with Crippen molar-refractivity contribution in [3.8, 4) is 0 Å². The molecule has 0 bridgehead atoms. The molecule has 0 saturated carbocycles. The molecule has 1 fully saturated rings. The van der Waals surface area contributed by atoms with Crippen molar-refractivity contribution in [3.63, 3.8) is 0 Å². The largest absolute Gasteiger partial charge is 0.394 e. The van der Waals surface area contributed by atoms with Crippen LogP contribution in [0.4, 0.5) is 0 Å². The first-order valence-electron chi connectivity index (χ1n) is 29.3. The summed E-state index contributed by atoms with van der Waals surface area (Å²) in [6, 6.07) is -0.827. The van der Waals surface area contributed by atoms with Gasteiger partial charge >= 0.3 is 0 Å². The van der Waals surface area contributed by atoms with E-state index in [0.717, 1.165) is 70.6 Å². The molecule has 0 aromatic carbocycles. The molecule has 1 heterocycles. The molecule has 1 amide bonds. The highest BCUT2D eigenvalue weighted by atomic mass is 16.7. The lowest BCUT2D eigenvalue weighted by Gasteiger charge is -2.40. The van der Waals surface area contributed by atoms with Crippen LogP contribution in [0.5, 0.6) is 0 Å². The van der Waals surface area contributed by atoms with Crippen molar-refractivity contribution in [1.29, 1.82) is 0 Å². The molecule has 0 aliphatic carbocycles. The number of unbranched alkanes of at least 4 members (excludes halogenated alkanes) is 28. The van der Waals surface area contributed by atoms with Crippen molar-refractivity contribution in [2.24, 2.45) is 0 Å². The van der Waals surface area contributed by atoms with Crippen molar-refractivity contribution in [3.05, 3.63) is 85.1 Å². The molecule has 9 heteroatoms. The lowest BCUT2D eigenvalue weighted by atomic mass is 9.99. The fourth-order valence-corrected chi connectivity index (χ4v) is 8.95. The first-order valence-corrected chi connectivity index (χ1v) is 29.3. The number of aliphatic hydroxyl groups is 5. The van der Waals surface area contributed by atoms with Gasteiger partial charge in [0.05, 0.1) is 25.4 Å². The summed E-state index contributed by atoms with van der Waals surface area (Å²) >= 11 is 0. The molecular weight excluding hydrogens is 887 g/mol. The predicted molar refractivity (Wildman–Crippen MR) is 299 cm³/mol. The van der Waals surface area contributed by atoms with Crippen LogP contribution < -0.4 is 5.32 Å². The van der Waals surface area contributed by atoms with Crippen LogP contribution in [-0.4, -0.2) is 87.5 Å². The van der Waals surface area contributed by atoms with Crippen LogP contribution in [0.1, 0.15) is 245 Å². The molecule has 0 aromatic rings. The second kappa shape index (κ2) is 50.9. The smallest absolute Gasteiger partial charge is 0.220 e. The number of nitrogens with one attached hydrogen (secondary N) is 1. The number of ether oxygens (including phenoxy) is 2. The van der Waals surface area contributed by atoms with E-state index in [9.17, 15) is 30.3 Å². The molecular formula is C62H109NO8. The summed E-state index contributed by atoms with van der Waals surface area (Å²) in [5, 5.41) is 54.1. The van der Waals surface area contributed by atoms with Gasteiger partial charge in [-0.2, -0.15) is 0 Å². The van der Waals surface area contributed by atoms with Gasteiger partial charge in [0.1, 0.15) is 24.4 Å². The Balaban J connectivity index is 2.00. The third-order valence-electron chi connectivity index (χ3n) is 13.5. The monoisotopic (exact) mass is 996 g/mol. The lowest BCUT2D eigenvalue weighted by molar-refractivity contribution is -0.302. The Hall–Kier alpha value is -2.63. The van der Waals surface area contributed by atoms with Crippen LogP contribution in [0.2, 0.25) is 0 Å². The number of carbonyl (C=O) groups excluding carboxylic acids is 1. The van der Waals surface area contributed by atoms with Crippen molar-refractivity contribution < 1.29 is 39.8 Å². The first kappa shape index (κ1) is 66.4. The van der Waals surface area contributed by atoms with E-state index in [1.165, 1.54) is 154 Å². The van der Waals surface area contributed by atoms with E-state index < -0.39 is 49.5 Å². The molecule has 7 unspecified atom stereocenters. The Morgan fingerprint density at radius 3 is 1.35 bits per heavy atom. The number of rotatable bonds is 49. The summed E-state index contributed by atoms with van der Waals surface area (Å²) < 4.78 is 11.2. The number of carbonyl (C=O) groups is 1. The fraction of sp³-hybridized carbons (Fsp3) is 0.758. The Bertz CT molecular complexity index is 1390. The summed E-state index contributed by atoms with van der Waals surface area (Å²) in [5.74, 6) is -0.193. The summed E-state index contributed by atoms with van der Waals surface area (Å²) in [4.78, 5) is 13.0. The number of aliphatic hydroxyl groups excluding tert-OH is 5. The minimum absolute atomic E-state index is 0.193. The zero-order valence-electron chi connectivity index (χ0n) is 45.5. The Labute approximate surface area is 435 Å². The van der Waals surface area contributed by atoms with Crippen LogP contribution >= 0.6 is 0 Å². The number of hydrogen-bond acceptors (Lipinski definition) is 8. The van der Waals surface area contributed by atoms with Gasteiger partial charge in [-0.3, -0.25) is 4.79 Å². The molecule has 71 heavy (non-hydrogen) atoms. The molecule has 1 aliphatic heterocycles. The fourth-order valence-electron chi connectivity index (χ4n) is 8.95. The number of amides is 1. The van der Waals surface area contributed by atoms with Crippen LogP contribution in [0.3, 0.4) is 0 Å². The average Bonchev–Trinajstić information content (AvgIpc) is 3.37. The highest BCUT2D eigenvalue weighted by molar-refractivity contribution is 5.76. The molecule has 0 spiro atoms. The van der Waals surface area contributed by atoms with Gasteiger partial charge < -0.3 is 40.3 Å². The standard InChI is InChI=1S/C62H109NO8/c1-3-5-7-9-11-13-14-15-16-17-18-19-20-21-22-23-24-25-26-27-28-29-30-31-32-33-34-35-36-37-38-39-40-41-42-44-46-48-50-52-58(66)63-55(56(65)51-49-47-45-43-12-10-8-6-4-2)54-70-62-61(69)60(68)59(67)57(53-64)71-62/h4-7,11-13,15-16,18-19,43,49,51,55-57,59-62,64-65,67-69H,3,8-10,14,17,20-42,44-48,50,52-54H2,1-2H3,(H,63,66)/b6-4+,7-5-,13-11-,16-15-,19-18-,43-12+,51-49+. The number of allylic oxidation sites excluding steroid dienone is 13. The maximum absolute atomic E-state index is 13.0. The highest BCUT2D eigenvalue weighted by Gasteiger charge is 2.44. The Kier molecular flexibility index (Phi) is 47.6. The van der Waals surface area contributed by atoms with Crippen LogP contribution in [0, 0.1) is 0 Å². The van der Waals surface area contributed by atoms with Gasteiger partial charge in [-0.1, -0.05) is 246 Å². The van der Waals surface area contributed by atoms with Crippen LogP contribution in [0.15, 0.2) is 85.1 Å². The molecule has 410 valence electrons. The van der Waals surface area contributed by atoms with Gasteiger partial charge in [-0.25, -0.2) is 0 Å². The maximum Gasteiger partial charge on any atom is 0.220 e. The minimum atomic E-state index is -1.57. The van der Waals surface area contributed by atoms with Gasteiger partial charge in [-0.15, -0.1) is 0 Å². The van der Waals surface area contributed by atoms with E-state index in [4.69, 9.17) is 9.47 Å². The van der Waals surface area contributed by atoms with Crippen LogP contribution in [-0.2, 0) is 14.3 Å². The van der Waals surface area contributed by atoms with Gasteiger partial charge in [0.15, 0.2) is 6.29 Å². The van der Waals surface area contributed by atoms with E-state index in [1.54, 1.807) is 6.08 Å². The molecule has 1 saturated heterocycles. The van der Waals surface area contributed by atoms with E-state index in [-0.39, 0.29) is 12.5 Å². The van der Waals surface area contributed by atoms with Crippen molar-refractivity contribution >= 4 is 5.91 Å². The summed E-state index contributed by atoms with van der Waals surface area (Å²) in [6.07, 6.45) is 65.8. The number of hydrogen-bond donors (Lipinski definition) is 6.